The van der Waals surface area contributed by atoms with Crippen molar-refractivity contribution < 1.29 is 25.5 Å². The summed E-state index contributed by atoms with van der Waals surface area (Å²) in [4.78, 5) is 0. The zero-order valence-electron chi connectivity index (χ0n) is 9.79. The Labute approximate surface area is 96.4 Å². The van der Waals surface area contributed by atoms with Crippen LogP contribution in [0, 0.1) is 0 Å². The van der Waals surface area contributed by atoms with Gasteiger partial charge >= 0.3 is 0 Å². The fourth-order valence-electron chi connectivity index (χ4n) is 1.51. The Morgan fingerprint density at radius 3 is 1.88 bits per heavy atom. The van der Waals surface area contributed by atoms with E-state index in [9.17, 15) is 15.3 Å². The SMILES string of the molecule is CCCCCCC(O)C(O)C(O)C(O)CO. The molecule has 0 fully saturated rings. The number of hydrogen-bond donors (Lipinski definition) is 5. The maximum absolute atomic E-state index is 9.53. The molecule has 0 amide bonds. The van der Waals surface area contributed by atoms with E-state index in [1.165, 1.54) is 0 Å². The van der Waals surface area contributed by atoms with Crippen molar-refractivity contribution in [1.29, 1.82) is 0 Å². The first kappa shape index (κ1) is 15.8. The average Bonchev–Trinajstić information content (AvgIpc) is 2.31. The van der Waals surface area contributed by atoms with E-state index in [-0.39, 0.29) is 0 Å². The molecule has 0 aromatic carbocycles. The normalized spacial score (nSPS) is 19.1. The van der Waals surface area contributed by atoms with Crippen molar-refractivity contribution in [3.8, 4) is 0 Å². The highest BCUT2D eigenvalue weighted by Gasteiger charge is 2.29. The molecule has 4 atom stereocenters. The maximum atomic E-state index is 9.53. The lowest BCUT2D eigenvalue weighted by atomic mass is 9.99. The van der Waals surface area contributed by atoms with Crippen LogP contribution < -0.4 is 0 Å². The van der Waals surface area contributed by atoms with Crippen molar-refractivity contribution in [1.82, 2.24) is 0 Å². The third-order valence-corrected chi connectivity index (χ3v) is 2.68. The molecule has 16 heavy (non-hydrogen) atoms. The molecule has 0 aliphatic heterocycles. The fraction of sp³-hybridized carbons (Fsp3) is 1.00. The minimum absolute atomic E-state index is 0.385. The Morgan fingerprint density at radius 2 is 1.38 bits per heavy atom. The van der Waals surface area contributed by atoms with Gasteiger partial charge in [0.2, 0.25) is 0 Å². The quantitative estimate of drug-likeness (QED) is 0.344. The van der Waals surface area contributed by atoms with Crippen LogP contribution in [0.15, 0.2) is 0 Å². The summed E-state index contributed by atoms with van der Waals surface area (Å²) in [6.45, 7) is 1.44. The lowest BCUT2D eigenvalue weighted by Gasteiger charge is -2.25. The molecule has 0 bridgehead atoms. The zero-order valence-corrected chi connectivity index (χ0v) is 9.79. The van der Waals surface area contributed by atoms with Crippen LogP contribution in [0.25, 0.3) is 0 Å². The molecule has 0 radical (unpaired) electrons. The van der Waals surface area contributed by atoms with Crippen LogP contribution in [0.1, 0.15) is 39.0 Å². The molecule has 5 heteroatoms. The van der Waals surface area contributed by atoms with Crippen LogP contribution in [-0.4, -0.2) is 56.6 Å². The van der Waals surface area contributed by atoms with Crippen LogP contribution >= 0.6 is 0 Å². The second kappa shape index (κ2) is 8.90. The third-order valence-electron chi connectivity index (χ3n) is 2.68. The van der Waals surface area contributed by atoms with Crippen LogP contribution in [0.2, 0.25) is 0 Å². The summed E-state index contributed by atoms with van der Waals surface area (Å²) < 4.78 is 0. The molecule has 0 saturated carbocycles. The molecule has 4 unspecified atom stereocenters. The van der Waals surface area contributed by atoms with Gasteiger partial charge in [0.15, 0.2) is 0 Å². The smallest absolute Gasteiger partial charge is 0.110 e. The van der Waals surface area contributed by atoms with Gasteiger partial charge in [-0.2, -0.15) is 0 Å². The first-order valence-electron chi connectivity index (χ1n) is 5.87. The molecule has 0 saturated heterocycles. The number of rotatable bonds is 9. The van der Waals surface area contributed by atoms with Gasteiger partial charge in [0.25, 0.3) is 0 Å². The van der Waals surface area contributed by atoms with Gasteiger partial charge in [-0.1, -0.05) is 32.6 Å². The predicted molar refractivity (Wildman–Crippen MR) is 59.9 cm³/mol. The number of aliphatic hydroxyl groups is 5. The van der Waals surface area contributed by atoms with Gasteiger partial charge in [-0.25, -0.2) is 0 Å². The maximum Gasteiger partial charge on any atom is 0.110 e. The summed E-state index contributed by atoms with van der Waals surface area (Å²) in [6.07, 6.45) is -1.11. The van der Waals surface area contributed by atoms with Gasteiger partial charge in [-0.15, -0.1) is 0 Å². The number of aliphatic hydroxyl groups excluding tert-OH is 5. The van der Waals surface area contributed by atoms with Crippen molar-refractivity contribution in [3.05, 3.63) is 0 Å². The van der Waals surface area contributed by atoms with Crippen molar-refractivity contribution in [2.75, 3.05) is 6.61 Å². The van der Waals surface area contributed by atoms with Crippen LogP contribution in [0.3, 0.4) is 0 Å². The molecule has 0 aromatic rings. The summed E-state index contributed by atoms with van der Waals surface area (Å²) in [7, 11) is 0. The van der Waals surface area contributed by atoms with E-state index in [0.717, 1.165) is 25.7 Å². The van der Waals surface area contributed by atoms with E-state index in [0.29, 0.717) is 6.42 Å². The minimum Gasteiger partial charge on any atom is -0.394 e. The predicted octanol–water partition coefficient (Wildman–Crippen LogP) is -0.607. The second-order valence-electron chi connectivity index (χ2n) is 4.15. The van der Waals surface area contributed by atoms with E-state index < -0.39 is 31.0 Å². The van der Waals surface area contributed by atoms with E-state index in [1.54, 1.807) is 0 Å². The van der Waals surface area contributed by atoms with Crippen molar-refractivity contribution >= 4 is 0 Å². The molecule has 0 rings (SSSR count). The minimum atomic E-state index is -1.51. The lowest BCUT2D eigenvalue weighted by Crippen LogP contribution is -2.45. The lowest BCUT2D eigenvalue weighted by molar-refractivity contribution is -0.116. The molecule has 98 valence electrons. The summed E-state index contributed by atoms with van der Waals surface area (Å²) >= 11 is 0. The highest BCUT2D eigenvalue weighted by Crippen LogP contribution is 2.12. The number of hydrogen-bond acceptors (Lipinski definition) is 5. The standard InChI is InChI=1S/C11H24O5/c1-2-3-4-5-6-8(13)10(15)11(16)9(14)7-12/h8-16H,2-7H2,1H3. The summed E-state index contributed by atoms with van der Waals surface area (Å²) in [5.74, 6) is 0. The van der Waals surface area contributed by atoms with E-state index in [2.05, 4.69) is 6.92 Å². The molecular weight excluding hydrogens is 212 g/mol. The Bertz CT molecular complexity index is 164. The molecule has 0 spiro atoms. The summed E-state index contributed by atoms with van der Waals surface area (Å²) in [6, 6.07) is 0. The third kappa shape index (κ3) is 5.77. The molecular formula is C11H24O5. The van der Waals surface area contributed by atoms with Gasteiger partial charge in [0.1, 0.15) is 18.3 Å². The van der Waals surface area contributed by atoms with Gasteiger partial charge < -0.3 is 25.5 Å². The number of unbranched alkanes of at least 4 members (excludes halogenated alkanes) is 3. The van der Waals surface area contributed by atoms with Crippen LogP contribution in [0.4, 0.5) is 0 Å². The summed E-state index contributed by atoms with van der Waals surface area (Å²) in [5.41, 5.74) is 0. The Balaban J connectivity index is 3.83. The monoisotopic (exact) mass is 236 g/mol. The molecule has 5 nitrogen and oxygen atoms in total. The molecule has 0 aliphatic rings. The zero-order chi connectivity index (χ0) is 12.6. The van der Waals surface area contributed by atoms with E-state index in [1.807, 2.05) is 0 Å². The van der Waals surface area contributed by atoms with Crippen molar-refractivity contribution in [2.24, 2.45) is 0 Å². The molecule has 0 heterocycles. The van der Waals surface area contributed by atoms with Gasteiger partial charge in [0, 0.05) is 0 Å². The average molecular weight is 236 g/mol. The first-order valence-corrected chi connectivity index (χ1v) is 5.87. The van der Waals surface area contributed by atoms with Crippen molar-refractivity contribution in [3.63, 3.8) is 0 Å². The van der Waals surface area contributed by atoms with Crippen molar-refractivity contribution in [2.45, 2.75) is 63.4 Å². The molecule has 0 aliphatic carbocycles. The van der Waals surface area contributed by atoms with E-state index in [4.69, 9.17) is 10.2 Å². The Kier molecular flexibility index (Phi) is 8.78. The Morgan fingerprint density at radius 1 is 0.812 bits per heavy atom. The molecule has 5 N–H and O–H groups in total. The van der Waals surface area contributed by atoms with Gasteiger partial charge in [-0.05, 0) is 6.42 Å². The van der Waals surface area contributed by atoms with Gasteiger partial charge in [0.05, 0.1) is 12.7 Å². The summed E-state index contributed by atoms with van der Waals surface area (Å²) in [5, 5.41) is 46.0. The van der Waals surface area contributed by atoms with Crippen LogP contribution in [0.5, 0.6) is 0 Å². The van der Waals surface area contributed by atoms with E-state index >= 15 is 0 Å². The molecule has 0 aromatic heterocycles. The largest absolute Gasteiger partial charge is 0.394 e. The first-order chi connectivity index (χ1) is 7.54. The van der Waals surface area contributed by atoms with Gasteiger partial charge in [-0.3, -0.25) is 0 Å². The highest BCUT2D eigenvalue weighted by atomic mass is 16.4. The second-order valence-corrected chi connectivity index (χ2v) is 4.15. The van der Waals surface area contributed by atoms with Crippen LogP contribution in [-0.2, 0) is 0 Å². The fourth-order valence-corrected chi connectivity index (χ4v) is 1.51. The highest BCUT2D eigenvalue weighted by molar-refractivity contribution is 4.80. The Hall–Kier alpha value is -0.200. The topological polar surface area (TPSA) is 101 Å².